The predicted molar refractivity (Wildman–Crippen MR) is 103 cm³/mol. The Hall–Kier alpha value is -3.08. The van der Waals surface area contributed by atoms with E-state index in [1.165, 1.54) is 0 Å². The number of carbonyl (C=O) groups excluding carboxylic acids is 1. The summed E-state index contributed by atoms with van der Waals surface area (Å²) in [5, 5.41) is 1.14. The number of nitrogens with zero attached hydrogens (tertiary/aromatic N) is 3. The van der Waals surface area contributed by atoms with Crippen molar-refractivity contribution in [2.24, 2.45) is 0 Å². The fraction of sp³-hybridized carbons (Fsp3) is 0.238. The zero-order valence-electron chi connectivity index (χ0n) is 14.8. The Labute approximate surface area is 152 Å². The van der Waals surface area contributed by atoms with Crippen LogP contribution < -0.4 is 9.64 Å². The molecule has 0 unspecified atom stereocenters. The molecule has 132 valence electrons. The van der Waals surface area contributed by atoms with Crippen LogP contribution in [0.25, 0.3) is 10.9 Å². The van der Waals surface area contributed by atoms with Gasteiger partial charge in [0.25, 0.3) is 5.91 Å². The monoisotopic (exact) mass is 347 g/mol. The lowest BCUT2D eigenvalue weighted by Crippen LogP contribution is -2.49. The normalized spacial score (nSPS) is 14.5. The van der Waals surface area contributed by atoms with Gasteiger partial charge in [0, 0.05) is 37.1 Å². The highest BCUT2D eigenvalue weighted by atomic mass is 16.5. The second-order valence-corrected chi connectivity index (χ2v) is 6.37. The SMILES string of the molecule is COc1cccc(C(=O)N2CCN(c3ccc4ccccc4n3)CC2)c1. The van der Waals surface area contributed by atoms with Crippen LogP contribution in [0.15, 0.2) is 60.7 Å². The van der Waals surface area contributed by atoms with Gasteiger partial charge in [0.05, 0.1) is 12.6 Å². The number of piperazine rings is 1. The number of fused-ring (bicyclic) bond motifs is 1. The van der Waals surface area contributed by atoms with Crippen LogP contribution >= 0.6 is 0 Å². The van der Waals surface area contributed by atoms with Gasteiger partial charge in [-0.05, 0) is 36.4 Å². The van der Waals surface area contributed by atoms with Crippen LogP contribution in [0.1, 0.15) is 10.4 Å². The zero-order chi connectivity index (χ0) is 17.9. The second-order valence-electron chi connectivity index (χ2n) is 6.37. The van der Waals surface area contributed by atoms with Crippen LogP contribution in [-0.2, 0) is 0 Å². The van der Waals surface area contributed by atoms with Gasteiger partial charge in [-0.1, -0.05) is 24.3 Å². The van der Waals surface area contributed by atoms with Gasteiger partial charge >= 0.3 is 0 Å². The van der Waals surface area contributed by atoms with E-state index >= 15 is 0 Å². The first kappa shape index (κ1) is 16.4. The summed E-state index contributed by atoms with van der Waals surface area (Å²) in [5.74, 6) is 1.72. The highest BCUT2D eigenvalue weighted by Gasteiger charge is 2.23. The minimum absolute atomic E-state index is 0.0509. The Morgan fingerprint density at radius 1 is 0.962 bits per heavy atom. The number of amides is 1. The number of pyridine rings is 1. The van der Waals surface area contributed by atoms with E-state index in [2.05, 4.69) is 23.1 Å². The summed E-state index contributed by atoms with van der Waals surface area (Å²) in [6.07, 6.45) is 0. The molecule has 1 aliphatic heterocycles. The molecule has 0 saturated carbocycles. The standard InChI is InChI=1S/C21H21N3O2/c1-26-18-7-4-6-17(15-18)21(25)24-13-11-23(12-14-24)20-10-9-16-5-2-3-8-19(16)22-20/h2-10,15H,11-14H2,1H3. The number of aromatic nitrogens is 1. The number of benzene rings is 2. The molecule has 1 aliphatic rings. The van der Waals surface area contributed by atoms with E-state index in [4.69, 9.17) is 9.72 Å². The Balaban J connectivity index is 1.45. The maximum Gasteiger partial charge on any atom is 0.254 e. The molecule has 1 aromatic heterocycles. The van der Waals surface area contributed by atoms with E-state index in [1.54, 1.807) is 13.2 Å². The molecule has 0 aliphatic carbocycles. The molecule has 0 bridgehead atoms. The van der Waals surface area contributed by atoms with Crippen molar-refractivity contribution in [2.75, 3.05) is 38.2 Å². The molecule has 1 amide bonds. The van der Waals surface area contributed by atoms with Crippen LogP contribution in [0, 0.1) is 0 Å². The number of hydrogen-bond donors (Lipinski definition) is 0. The summed E-state index contributed by atoms with van der Waals surface area (Å²) >= 11 is 0. The van der Waals surface area contributed by atoms with Crippen molar-refractivity contribution in [3.8, 4) is 5.75 Å². The summed E-state index contributed by atoms with van der Waals surface area (Å²) in [6.45, 7) is 2.93. The summed E-state index contributed by atoms with van der Waals surface area (Å²) in [6, 6.07) is 19.6. The summed E-state index contributed by atoms with van der Waals surface area (Å²) in [4.78, 5) is 21.6. The summed E-state index contributed by atoms with van der Waals surface area (Å²) < 4.78 is 5.22. The molecule has 5 nitrogen and oxygen atoms in total. The number of para-hydroxylation sites is 1. The van der Waals surface area contributed by atoms with Crippen LogP contribution in [0.3, 0.4) is 0 Å². The summed E-state index contributed by atoms with van der Waals surface area (Å²) in [5.41, 5.74) is 1.67. The van der Waals surface area contributed by atoms with E-state index in [0.717, 1.165) is 29.8 Å². The number of ether oxygens (including phenoxy) is 1. The molecule has 3 aromatic rings. The minimum Gasteiger partial charge on any atom is -0.497 e. The molecule has 0 spiro atoms. The van der Waals surface area contributed by atoms with E-state index in [-0.39, 0.29) is 5.91 Å². The fourth-order valence-corrected chi connectivity index (χ4v) is 3.31. The number of rotatable bonds is 3. The number of methoxy groups -OCH3 is 1. The first-order chi connectivity index (χ1) is 12.7. The molecule has 5 heteroatoms. The molecule has 1 saturated heterocycles. The maximum absolute atomic E-state index is 12.7. The van der Waals surface area contributed by atoms with Crippen molar-refractivity contribution < 1.29 is 9.53 Å². The average molecular weight is 347 g/mol. The molecular weight excluding hydrogens is 326 g/mol. The van der Waals surface area contributed by atoms with Crippen molar-refractivity contribution in [2.45, 2.75) is 0 Å². The van der Waals surface area contributed by atoms with Crippen molar-refractivity contribution in [3.05, 3.63) is 66.2 Å². The third-order valence-corrected chi connectivity index (χ3v) is 4.79. The van der Waals surface area contributed by atoms with E-state index in [9.17, 15) is 4.79 Å². The first-order valence-corrected chi connectivity index (χ1v) is 8.79. The lowest BCUT2D eigenvalue weighted by Gasteiger charge is -2.35. The van der Waals surface area contributed by atoms with Gasteiger partial charge in [0.2, 0.25) is 0 Å². The van der Waals surface area contributed by atoms with Crippen LogP contribution in [0.2, 0.25) is 0 Å². The fourth-order valence-electron chi connectivity index (χ4n) is 3.31. The van der Waals surface area contributed by atoms with Crippen LogP contribution in [0.4, 0.5) is 5.82 Å². The van der Waals surface area contributed by atoms with Gasteiger partial charge in [-0.25, -0.2) is 4.98 Å². The highest BCUT2D eigenvalue weighted by Crippen LogP contribution is 2.20. The average Bonchev–Trinajstić information content (AvgIpc) is 2.73. The van der Waals surface area contributed by atoms with E-state index in [0.29, 0.717) is 24.4 Å². The molecule has 1 fully saturated rings. The Morgan fingerprint density at radius 3 is 2.58 bits per heavy atom. The van der Waals surface area contributed by atoms with Gasteiger partial charge in [0.15, 0.2) is 0 Å². The van der Waals surface area contributed by atoms with Gasteiger partial charge in [-0.2, -0.15) is 0 Å². The van der Waals surface area contributed by atoms with Gasteiger partial charge in [-0.15, -0.1) is 0 Å². The third-order valence-electron chi connectivity index (χ3n) is 4.79. The quantitative estimate of drug-likeness (QED) is 0.730. The molecule has 0 atom stereocenters. The second kappa shape index (κ2) is 7.04. The first-order valence-electron chi connectivity index (χ1n) is 8.79. The maximum atomic E-state index is 12.7. The van der Waals surface area contributed by atoms with Crippen molar-refractivity contribution >= 4 is 22.6 Å². The van der Waals surface area contributed by atoms with Crippen LogP contribution in [0.5, 0.6) is 5.75 Å². The largest absolute Gasteiger partial charge is 0.497 e. The van der Waals surface area contributed by atoms with Crippen molar-refractivity contribution in [1.29, 1.82) is 0 Å². The van der Waals surface area contributed by atoms with E-state index in [1.807, 2.05) is 41.3 Å². The molecular formula is C21H21N3O2. The molecule has 26 heavy (non-hydrogen) atoms. The van der Waals surface area contributed by atoms with Gasteiger partial charge < -0.3 is 14.5 Å². The topological polar surface area (TPSA) is 45.7 Å². The predicted octanol–water partition coefficient (Wildman–Crippen LogP) is 3.21. The molecule has 2 heterocycles. The third kappa shape index (κ3) is 3.20. The lowest BCUT2D eigenvalue weighted by atomic mass is 10.1. The lowest BCUT2D eigenvalue weighted by molar-refractivity contribution is 0.0746. The van der Waals surface area contributed by atoms with Gasteiger partial charge in [0.1, 0.15) is 11.6 Å². The highest BCUT2D eigenvalue weighted by molar-refractivity contribution is 5.94. The number of anilines is 1. The molecule has 0 N–H and O–H groups in total. The minimum atomic E-state index is 0.0509. The van der Waals surface area contributed by atoms with Crippen LogP contribution in [-0.4, -0.2) is 49.1 Å². The van der Waals surface area contributed by atoms with Crippen molar-refractivity contribution in [1.82, 2.24) is 9.88 Å². The summed E-state index contributed by atoms with van der Waals surface area (Å²) in [7, 11) is 1.61. The number of carbonyl (C=O) groups is 1. The zero-order valence-corrected chi connectivity index (χ0v) is 14.8. The van der Waals surface area contributed by atoms with E-state index < -0.39 is 0 Å². The Bertz CT molecular complexity index is 933. The Kier molecular flexibility index (Phi) is 4.44. The molecule has 4 rings (SSSR count). The number of hydrogen-bond acceptors (Lipinski definition) is 4. The smallest absolute Gasteiger partial charge is 0.254 e. The molecule has 0 radical (unpaired) electrons. The van der Waals surface area contributed by atoms with Gasteiger partial charge in [-0.3, -0.25) is 4.79 Å². The molecule has 2 aromatic carbocycles. The van der Waals surface area contributed by atoms with Crippen molar-refractivity contribution in [3.63, 3.8) is 0 Å². The Morgan fingerprint density at radius 2 is 1.77 bits per heavy atom.